The molecule has 2 amide bonds. The molecule has 1 aromatic rings. The fourth-order valence-corrected chi connectivity index (χ4v) is 2.22. The first-order valence-electron chi connectivity index (χ1n) is 7.58. The Balaban J connectivity index is 2.29. The largest absolute Gasteiger partial charge is 0.396 e. The molecule has 6 nitrogen and oxygen atoms in total. The maximum Gasteiger partial charge on any atom is 0.315 e. The molecular weight excluding hydrogens is 268 g/mol. The third kappa shape index (κ3) is 5.75. The van der Waals surface area contributed by atoms with E-state index in [1.807, 2.05) is 38.4 Å². The van der Waals surface area contributed by atoms with Gasteiger partial charge < -0.3 is 15.7 Å². The predicted molar refractivity (Wildman–Crippen MR) is 83.3 cm³/mol. The van der Waals surface area contributed by atoms with Gasteiger partial charge in [-0.25, -0.2) is 4.79 Å². The average molecular weight is 296 g/mol. The molecule has 6 heteroatoms. The van der Waals surface area contributed by atoms with Crippen LogP contribution in [0.2, 0.25) is 0 Å². The number of nitrogens with one attached hydrogen (secondary N) is 2. The molecule has 3 N–H and O–H groups in total. The molecule has 0 saturated heterocycles. The van der Waals surface area contributed by atoms with Crippen molar-refractivity contribution in [1.29, 1.82) is 0 Å². The predicted octanol–water partition coefficient (Wildman–Crippen LogP) is 1.74. The van der Waals surface area contributed by atoms with Gasteiger partial charge in [0.15, 0.2) is 0 Å². The third-order valence-corrected chi connectivity index (χ3v) is 3.79. The molecule has 1 rings (SSSR count). The molecule has 0 fully saturated rings. The summed E-state index contributed by atoms with van der Waals surface area (Å²) in [7, 11) is 0. The molecule has 0 spiro atoms. The van der Waals surface area contributed by atoms with Crippen LogP contribution in [0.4, 0.5) is 4.79 Å². The second-order valence-corrected chi connectivity index (χ2v) is 5.77. The Hall–Kier alpha value is -1.56. The van der Waals surface area contributed by atoms with Gasteiger partial charge in [0.05, 0.1) is 5.69 Å². The van der Waals surface area contributed by atoms with E-state index in [0.717, 1.165) is 30.8 Å². The van der Waals surface area contributed by atoms with Crippen LogP contribution >= 0.6 is 0 Å². The molecule has 0 aliphatic heterocycles. The standard InChI is InChI=1S/C15H28N4O2/c1-5-15(4,7-10-20)17-14(21)16-8-6-9-19-13(3)11-12(2)18-19/h11,20H,5-10H2,1-4H3,(H2,16,17,21). The molecular formula is C15H28N4O2. The van der Waals surface area contributed by atoms with Crippen molar-refractivity contribution in [1.82, 2.24) is 20.4 Å². The summed E-state index contributed by atoms with van der Waals surface area (Å²) in [6.45, 7) is 9.41. The average Bonchev–Trinajstić information content (AvgIpc) is 2.73. The van der Waals surface area contributed by atoms with E-state index in [1.54, 1.807) is 0 Å². The fourth-order valence-electron chi connectivity index (χ4n) is 2.22. The molecule has 1 atom stereocenters. The number of rotatable bonds is 8. The van der Waals surface area contributed by atoms with Gasteiger partial charge in [-0.1, -0.05) is 6.92 Å². The number of aliphatic hydroxyl groups is 1. The number of carbonyl (C=O) groups is 1. The fraction of sp³-hybridized carbons (Fsp3) is 0.733. The minimum absolute atomic E-state index is 0.0720. The van der Waals surface area contributed by atoms with Crippen molar-refractivity contribution in [2.24, 2.45) is 0 Å². The van der Waals surface area contributed by atoms with E-state index < -0.39 is 0 Å². The maximum atomic E-state index is 11.8. The van der Waals surface area contributed by atoms with Gasteiger partial charge in [0, 0.05) is 30.9 Å². The molecule has 1 aromatic heterocycles. The van der Waals surface area contributed by atoms with Crippen LogP contribution in [0, 0.1) is 13.8 Å². The van der Waals surface area contributed by atoms with Crippen molar-refractivity contribution in [3.63, 3.8) is 0 Å². The highest BCUT2D eigenvalue weighted by atomic mass is 16.3. The monoisotopic (exact) mass is 296 g/mol. The summed E-state index contributed by atoms with van der Waals surface area (Å²) >= 11 is 0. The number of hydrogen-bond acceptors (Lipinski definition) is 3. The lowest BCUT2D eigenvalue weighted by Crippen LogP contribution is -2.50. The Morgan fingerprint density at radius 3 is 2.71 bits per heavy atom. The van der Waals surface area contributed by atoms with E-state index in [-0.39, 0.29) is 18.2 Å². The van der Waals surface area contributed by atoms with Crippen LogP contribution in [-0.2, 0) is 6.54 Å². The number of aromatic nitrogens is 2. The third-order valence-electron chi connectivity index (χ3n) is 3.79. The maximum absolute atomic E-state index is 11.8. The summed E-state index contributed by atoms with van der Waals surface area (Å²) in [6.07, 6.45) is 2.17. The second-order valence-electron chi connectivity index (χ2n) is 5.77. The molecule has 0 aliphatic rings. The zero-order valence-electron chi connectivity index (χ0n) is 13.6. The topological polar surface area (TPSA) is 79.2 Å². The highest BCUT2D eigenvalue weighted by Gasteiger charge is 2.23. The Morgan fingerprint density at radius 2 is 2.19 bits per heavy atom. The van der Waals surface area contributed by atoms with E-state index in [1.165, 1.54) is 0 Å². The van der Waals surface area contributed by atoms with Gasteiger partial charge in [-0.3, -0.25) is 4.68 Å². The number of urea groups is 1. The normalized spacial score (nSPS) is 13.8. The lowest BCUT2D eigenvalue weighted by Gasteiger charge is -2.29. The molecule has 0 saturated carbocycles. The van der Waals surface area contributed by atoms with Gasteiger partial charge >= 0.3 is 6.03 Å². The van der Waals surface area contributed by atoms with E-state index in [9.17, 15) is 4.79 Å². The quantitative estimate of drug-likeness (QED) is 0.639. The van der Waals surface area contributed by atoms with Crippen LogP contribution in [0.15, 0.2) is 6.07 Å². The van der Waals surface area contributed by atoms with Crippen LogP contribution in [0.1, 0.15) is 44.5 Å². The first kappa shape index (κ1) is 17.5. The van der Waals surface area contributed by atoms with Crippen molar-refractivity contribution in [3.05, 3.63) is 17.5 Å². The summed E-state index contributed by atoms with van der Waals surface area (Å²) in [5.41, 5.74) is 1.80. The van der Waals surface area contributed by atoms with Gasteiger partial charge in [-0.05, 0) is 46.1 Å². The van der Waals surface area contributed by atoms with Crippen molar-refractivity contribution in [3.8, 4) is 0 Å². The number of nitrogens with zero attached hydrogens (tertiary/aromatic N) is 2. The molecule has 21 heavy (non-hydrogen) atoms. The Morgan fingerprint density at radius 1 is 1.48 bits per heavy atom. The zero-order chi connectivity index (χ0) is 15.9. The summed E-state index contributed by atoms with van der Waals surface area (Å²) in [6, 6.07) is 1.86. The van der Waals surface area contributed by atoms with Crippen LogP contribution < -0.4 is 10.6 Å². The SMILES string of the molecule is CCC(C)(CCO)NC(=O)NCCCn1nc(C)cc1C. The number of aliphatic hydroxyl groups excluding tert-OH is 1. The number of amides is 2. The number of aryl methyl sites for hydroxylation is 3. The first-order chi connectivity index (χ1) is 9.90. The Kier molecular flexibility index (Phi) is 6.68. The van der Waals surface area contributed by atoms with E-state index in [4.69, 9.17) is 5.11 Å². The van der Waals surface area contributed by atoms with Crippen molar-refractivity contribution in [2.75, 3.05) is 13.2 Å². The van der Waals surface area contributed by atoms with Crippen molar-refractivity contribution < 1.29 is 9.90 Å². The number of hydrogen-bond donors (Lipinski definition) is 3. The Labute approximate surface area is 126 Å². The molecule has 0 bridgehead atoms. The lowest BCUT2D eigenvalue weighted by molar-refractivity contribution is 0.201. The van der Waals surface area contributed by atoms with E-state index >= 15 is 0 Å². The lowest BCUT2D eigenvalue weighted by atomic mass is 9.95. The molecule has 0 aromatic carbocycles. The smallest absolute Gasteiger partial charge is 0.315 e. The molecule has 0 aliphatic carbocycles. The van der Waals surface area contributed by atoms with Crippen molar-refractivity contribution in [2.45, 2.75) is 59.0 Å². The summed E-state index contributed by atoms with van der Waals surface area (Å²) in [5.74, 6) is 0. The summed E-state index contributed by atoms with van der Waals surface area (Å²) < 4.78 is 1.96. The first-order valence-corrected chi connectivity index (χ1v) is 7.58. The van der Waals surface area contributed by atoms with Crippen LogP contribution in [-0.4, -0.2) is 39.6 Å². The van der Waals surface area contributed by atoms with Gasteiger partial charge in [-0.15, -0.1) is 0 Å². The zero-order valence-corrected chi connectivity index (χ0v) is 13.6. The highest BCUT2D eigenvalue weighted by molar-refractivity contribution is 5.74. The molecule has 120 valence electrons. The highest BCUT2D eigenvalue weighted by Crippen LogP contribution is 2.13. The second kappa shape index (κ2) is 8.02. The molecule has 1 unspecified atom stereocenters. The van der Waals surface area contributed by atoms with E-state index in [0.29, 0.717) is 13.0 Å². The number of carbonyl (C=O) groups excluding carboxylic acids is 1. The van der Waals surface area contributed by atoms with Gasteiger partial charge in [0.2, 0.25) is 0 Å². The van der Waals surface area contributed by atoms with Crippen LogP contribution in [0.25, 0.3) is 0 Å². The summed E-state index contributed by atoms with van der Waals surface area (Å²) in [4.78, 5) is 11.8. The minimum atomic E-state index is -0.353. The van der Waals surface area contributed by atoms with Gasteiger partial charge in [0.1, 0.15) is 0 Å². The molecule has 0 radical (unpaired) electrons. The van der Waals surface area contributed by atoms with Crippen molar-refractivity contribution >= 4 is 6.03 Å². The van der Waals surface area contributed by atoms with E-state index in [2.05, 4.69) is 15.7 Å². The summed E-state index contributed by atoms with van der Waals surface area (Å²) in [5, 5.41) is 19.2. The van der Waals surface area contributed by atoms with Gasteiger partial charge in [-0.2, -0.15) is 5.10 Å². The van der Waals surface area contributed by atoms with Crippen LogP contribution in [0.5, 0.6) is 0 Å². The Bertz CT molecular complexity index is 459. The molecule has 1 heterocycles. The van der Waals surface area contributed by atoms with Gasteiger partial charge in [0.25, 0.3) is 0 Å². The minimum Gasteiger partial charge on any atom is -0.396 e. The van der Waals surface area contributed by atoms with Crippen LogP contribution in [0.3, 0.4) is 0 Å².